The number of nitrogens with one attached hydrogen (secondary N) is 2. The zero-order chi connectivity index (χ0) is 20.9. The zero-order valence-corrected chi connectivity index (χ0v) is 16.1. The van der Waals surface area contributed by atoms with E-state index in [1.807, 2.05) is 18.2 Å². The van der Waals surface area contributed by atoms with Crippen LogP contribution in [0.15, 0.2) is 67.0 Å². The van der Waals surface area contributed by atoms with Crippen molar-refractivity contribution in [3.05, 3.63) is 78.4 Å². The molecule has 154 valence electrons. The summed E-state index contributed by atoms with van der Waals surface area (Å²) in [5.74, 6) is -1.41. The molecule has 1 aliphatic rings. The average molecular weight is 408 g/mol. The number of nitrogens with zero attached hydrogens (tertiary/aromatic N) is 2. The van der Waals surface area contributed by atoms with Gasteiger partial charge in [0, 0.05) is 24.1 Å². The first-order valence-electron chi connectivity index (χ1n) is 9.65. The number of benzene rings is 2. The predicted octanol–water partition coefficient (Wildman–Crippen LogP) is 2.84. The highest BCUT2D eigenvalue weighted by molar-refractivity contribution is 5.94. The first-order valence-corrected chi connectivity index (χ1v) is 9.65. The van der Waals surface area contributed by atoms with Gasteiger partial charge in [0.2, 0.25) is 11.8 Å². The summed E-state index contributed by atoms with van der Waals surface area (Å²) in [6.45, 7) is 0.287. The molecule has 2 N–H and O–H groups in total. The summed E-state index contributed by atoms with van der Waals surface area (Å²) in [7, 11) is 0. The molecule has 2 heterocycles. The van der Waals surface area contributed by atoms with Gasteiger partial charge in [-0.1, -0.05) is 30.3 Å². The molecule has 0 unspecified atom stereocenters. The van der Waals surface area contributed by atoms with E-state index in [2.05, 4.69) is 15.7 Å². The molecule has 0 radical (unpaired) electrons. The van der Waals surface area contributed by atoms with Crippen molar-refractivity contribution in [3.8, 4) is 5.69 Å². The van der Waals surface area contributed by atoms with Crippen LogP contribution in [0.5, 0.6) is 0 Å². The van der Waals surface area contributed by atoms with Crippen molar-refractivity contribution in [3.63, 3.8) is 0 Å². The molecule has 0 saturated carbocycles. The Morgan fingerprint density at radius 3 is 2.70 bits per heavy atom. The van der Waals surface area contributed by atoms with Gasteiger partial charge in [0.25, 0.3) is 0 Å². The van der Waals surface area contributed by atoms with Crippen LogP contribution in [0, 0.1) is 11.7 Å². The fourth-order valence-corrected chi connectivity index (χ4v) is 3.46. The molecule has 1 aromatic heterocycles. The smallest absolute Gasteiger partial charge is 0.243 e. The lowest BCUT2D eigenvalue weighted by Gasteiger charge is -2.17. The second kappa shape index (κ2) is 8.87. The summed E-state index contributed by atoms with van der Waals surface area (Å²) in [6.07, 6.45) is 3.27. The number of halogens is 1. The molecular weight excluding hydrogens is 387 g/mol. The van der Waals surface area contributed by atoms with Gasteiger partial charge in [-0.3, -0.25) is 9.59 Å². The Balaban J connectivity index is 1.38. The number of carbonyl (C=O) groups is 2. The molecule has 4 rings (SSSR count). The van der Waals surface area contributed by atoms with Crippen molar-refractivity contribution in [2.45, 2.75) is 12.5 Å². The molecule has 0 bridgehead atoms. The predicted molar refractivity (Wildman–Crippen MR) is 108 cm³/mol. The standard InChI is InChI=1S/C22H21FN4O3/c23-18-8-4-5-9-19(18)27-14-15(12-25-27)21-17(10-11-30-21)22(29)24-13-20(28)26-16-6-2-1-3-7-16/h1-9,12,14,17,21H,10-11,13H2,(H,24,29)(H,26,28)/t17-,21+/m0/s1. The zero-order valence-electron chi connectivity index (χ0n) is 16.1. The largest absolute Gasteiger partial charge is 0.373 e. The monoisotopic (exact) mass is 408 g/mol. The minimum Gasteiger partial charge on any atom is -0.373 e. The van der Waals surface area contributed by atoms with E-state index in [-0.39, 0.29) is 18.4 Å². The molecule has 7 nitrogen and oxygen atoms in total. The van der Waals surface area contributed by atoms with Crippen LogP contribution < -0.4 is 10.6 Å². The van der Waals surface area contributed by atoms with E-state index < -0.39 is 17.8 Å². The van der Waals surface area contributed by atoms with E-state index in [0.717, 1.165) is 0 Å². The van der Waals surface area contributed by atoms with Crippen molar-refractivity contribution in [1.29, 1.82) is 0 Å². The third-order valence-electron chi connectivity index (χ3n) is 4.94. The van der Waals surface area contributed by atoms with Gasteiger partial charge in [0.05, 0.1) is 24.8 Å². The van der Waals surface area contributed by atoms with E-state index in [1.54, 1.807) is 42.7 Å². The lowest BCUT2D eigenvalue weighted by Crippen LogP contribution is -2.37. The molecule has 0 aliphatic carbocycles. The topological polar surface area (TPSA) is 85.2 Å². The van der Waals surface area contributed by atoms with Crippen molar-refractivity contribution in [1.82, 2.24) is 15.1 Å². The second-order valence-corrected chi connectivity index (χ2v) is 6.99. The first-order chi connectivity index (χ1) is 14.6. The normalized spacial score (nSPS) is 18.2. The summed E-state index contributed by atoms with van der Waals surface area (Å²) in [5, 5.41) is 9.61. The van der Waals surface area contributed by atoms with Gasteiger partial charge < -0.3 is 15.4 Å². The fraction of sp³-hybridized carbons (Fsp3) is 0.227. The van der Waals surface area contributed by atoms with Gasteiger partial charge in [0.15, 0.2) is 0 Å². The maximum atomic E-state index is 14.0. The Bertz CT molecular complexity index is 1040. The second-order valence-electron chi connectivity index (χ2n) is 6.99. The number of carbonyl (C=O) groups excluding carboxylic acids is 2. The van der Waals surface area contributed by atoms with Crippen molar-refractivity contribution < 1.29 is 18.7 Å². The lowest BCUT2D eigenvalue weighted by atomic mass is 9.96. The molecule has 1 aliphatic heterocycles. The molecule has 30 heavy (non-hydrogen) atoms. The fourth-order valence-electron chi connectivity index (χ4n) is 3.46. The van der Waals surface area contributed by atoms with Crippen LogP contribution in [-0.2, 0) is 14.3 Å². The van der Waals surface area contributed by atoms with Crippen molar-refractivity contribution in [2.75, 3.05) is 18.5 Å². The minimum absolute atomic E-state index is 0.133. The molecule has 0 spiro atoms. The number of rotatable bonds is 6. The highest BCUT2D eigenvalue weighted by Crippen LogP contribution is 2.34. The van der Waals surface area contributed by atoms with Crippen LogP contribution in [0.1, 0.15) is 18.1 Å². The molecule has 3 aromatic rings. The highest BCUT2D eigenvalue weighted by atomic mass is 19.1. The van der Waals surface area contributed by atoms with E-state index in [4.69, 9.17) is 4.74 Å². The SMILES string of the molecule is O=C(CNC(=O)[C@H]1CCO[C@@H]1c1cnn(-c2ccccc2F)c1)Nc1ccccc1. The third kappa shape index (κ3) is 4.38. The number of para-hydroxylation sites is 2. The quantitative estimate of drug-likeness (QED) is 0.657. The molecule has 2 atom stereocenters. The number of aromatic nitrogens is 2. The Morgan fingerprint density at radius 1 is 1.13 bits per heavy atom. The van der Waals surface area contributed by atoms with Gasteiger partial charge in [-0.25, -0.2) is 9.07 Å². The number of ether oxygens (including phenoxy) is 1. The summed E-state index contributed by atoms with van der Waals surface area (Å²) in [4.78, 5) is 24.7. The number of anilines is 1. The lowest BCUT2D eigenvalue weighted by molar-refractivity contribution is -0.128. The number of amides is 2. The van der Waals surface area contributed by atoms with E-state index >= 15 is 0 Å². The Hall–Kier alpha value is -3.52. The van der Waals surface area contributed by atoms with Crippen molar-refractivity contribution in [2.24, 2.45) is 5.92 Å². The molecule has 2 aromatic carbocycles. The molecule has 1 saturated heterocycles. The van der Waals surface area contributed by atoms with E-state index in [1.165, 1.54) is 10.7 Å². The summed E-state index contributed by atoms with van der Waals surface area (Å²) in [6, 6.07) is 15.3. The van der Waals surface area contributed by atoms with Gasteiger partial charge in [0.1, 0.15) is 11.5 Å². The van der Waals surface area contributed by atoms with Crippen LogP contribution in [-0.4, -0.2) is 34.7 Å². The third-order valence-corrected chi connectivity index (χ3v) is 4.94. The van der Waals surface area contributed by atoms with Crippen LogP contribution in [0.25, 0.3) is 5.69 Å². The Kier molecular flexibility index (Phi) is 5.85. The maximum Gasteiger partial charge on any atom is 0.243 e. The number of hydrogen-bond acceptors (Lipinski definition) is 4. The number of hydrogen-bond donors (Lipinski definition) is 2. The molecular formula is C22H21FN4O3. The maximum absolute atomic E-state index is 14.0. The van der Waals surface area contributed by atoms with Crippen LogP contribution in [0.2, 0.25) is 0 Å². The molecule has 2 amide bonds. The van der Waals surface area contributed by atoms with Crippen LogP contribution in [0.4, 0.5) is 10.1 Å². The van der Waals surface area contributed by atoms with Gasteiger partial charge >= 0.3 is 0 Å². The molecule has 1 fully saturated rings. The van der Waals surface area contributed by atoms with Crippen LogP contribution in [0.3, 0.4) is 0 Å². The minimum atomic E-state index is -0.497. The summed E-state index contributed by atoms with van der Waals surface area (Å²) in [5.41, 5.74) is 1.67. The summed E-state index contributed by atoms with van der Waals surface area (Å²) >= 11 is 0. The molecule has 8 heteroatoms. The van der Waals surface area contributed by atoms with Gasteiger partial charge in [-0.05, 0) is 30.7 Å². The first kappa shape index (κ1) is 19.8. The van der Waals surface area contributed by atoms with Gasteiger partial charge in [-0.15, -0.1) is 0 Å². The summed E-state index contributed by atoms with van der Waals surface area (Å²) < 4.78 is 21.2. The van der Waals surface area contributed by atoms with E-state index in [9.17, 15) is 14.0 Å². The van der Waals surface area contributed by atoms with Gasteiger partial charge in [-0.2, -0.15) is 5.10 Å². The van der Waals surface area contributed by atoms with Crippen molar-refractivity contribution >= 4 is 17.5 Å². The Morgan fingerprint density at radius 2 is 1.90 bits per heavy atom. The van der Waals surface area contributed by atoms with E-state index in [0.29, 0.717) is 30.0 Å². The Labute approximate surface area is 172 Å². The highest BCUT2D eigenvalue weighted by Gasteiger charge is 2.36. The van der Waals surface area contributed by atoms with Crippen LogP contribution >= 0.6 is 0 Å². The average Bonchev–Trinajstić information content (AvgIpc) is 3.42.